The molecule has 114 valence electrons. The van der Waals surface area contributed by atoms with Crippen molar-refractivity contribution in [3.8, 4) is 0 Å². The van der Waals surface area contributed by atoms with Gasteiger partial charge in [-0.05, 0) is 29.5 Å². The SMILES string of the molecule is O=C(/C=C/c1cccs1)N1CCS[C@H](c2ccccc2)CC1. The van der Waals surface area contributed by atoms with Gasteiger partial charge in [-0.3, -0.25) is 4.79 Å². The summed E-state index contributed by atoms with van der Waals surface area (Å²) in [6.45, 7) is 1.67. The van der Waals surface area contributed by atoms with Gasteiger partial charge in [0.25, 0.3) is 0 Å². The van der Waals surface area contributed by atoms with E-state index >= 15 is 0 Å². The first-order valence-corrected chi connectivity index (χ1v) is 9.43. The Morgan fingerprint density at radius 1 is 1.14 bits per heavy atom. The Labute approximate surface area is 139 Å². The van der Waals surface area contributed by atoms with E-state index in [1.165, 1.54) is 5.56 Å². The molecule has 1 fully saturated rings. The summed E-state index contributed by atoms with van der Waals surface area (Å²) in [5, 5.41) is 2.53. The molecular formula is C18H19NOS2. The first-order chi connectivity index (χ1) is 10.8. The van der Waals surface area contributed by atoms with Crippen LogP contribution in [0.2, 0.25) is 0 Å². The van der Waals surface area contributed by atoms with Gasteiger partial charge >= 0.3 is 0 Å². The third kappa shape index (κ3) is 4.02. The molecule has 2 aromatic rings. The lowest BCUT2D eigenvalue weighted by atomic mass is 10.1. The molecule has 1 aromatic carbocycles. The van der Waals surface area contributed by atoms with Gasteiger partial charge in [0, 0.05) is 35.0 Å². The van der Waals surface area contributed by atoms with Crippen LogP contribution in [0, 0.1) is 0 Å². The van der Waals surface area contributed by atoms with Crippen molar-refractivity contribution < 1.29 is 4.79 Å². The largest absolute Gasteiger partial charge is 0.338 e. The molecule has 0 unspecified atom stereocenters. The van der Waals surface area contributed by atoms with E-state index in [0.717, 1.165) is 30.1 Å². The van der Waals surface area contributed by atoms with Gasteiger partial charge in [-0.1, -0.05) is 36.4 Å². The third-order valence-corrected chi connectivity index (χ3v) is 5.92. The maximum absolute atomic E-state index is 12.3. The highest BCUT2D eigenvalue weighted by atomic mass is 32.2. The van der Waals surface area contributed by atoms with Crippen molar-refractivity contribution in [1.82, 2.24) is 4.90 Å². The zero-order chi connectivity index (χ0) is 15.2. The van der Waals surface area contributed by atoms with Crippen molar-refractivity contribution >= 4 is 35.1 Å². The number of hydrogen-bond donors (Lipinski definition) is 0. The molecule has 2 nitrogen and oxygen atoms in total. The van der Waals surface area contributed by atoms with E-state index in [4.69, 9.17) is 0 Å². The van der Waals surface area contributed by atoms with Crippen LogP contribution in [0.1, 0.15) is 22.1 Å². The quantitative estimate of drug-likeness (QED) is 0.775. The molecule has 0 bridgehead atoms. The predicted molar refractivity (Wildman–Crippen MR) is 96.2 cm³/mol. The number of hydrogen-bond acceptors (Lipinski definition) is 3. The first kappa shape index (κ1) is 15.4. The Hall–Kier alpha value is -1.52. The minimum absolute atomic E-state index is 0.128. The van der Waals surface area contributed by atoms with Gasteiger partial charge in [-0.2, -0.15) is 11.8 Å². The smallest absolute Gasteiger partial charge is 0.246 e. The van der Waals surface area contributed by atoms with Crippen LogP contribution in [0.5, 0.6) is 0 Å². The summed E-state index contributed by atoms with van der Waals surface area (Å²) >= 11 is 3.61. The second-order valence-corrected chi connectivity index (χ2v) is 7.52. The highest BCUT2D eigenvalue weighted by molar-refractivity contribution is 7.99. The molecule has 0 N–H and O–H groups in total. The van der Waals surface area contributed by atoms with Gasteiger partial charge < -0.3 is 4.90 Å². The minimum Gasteiger partial charge on any atom is -0.338 e. The van der Waals surface area contributed by atoms with Crippen LogP contribution in [0.25, 0.3) is 6.08 Å². The Kier molecular flexibility index (Phi) is 5.35. The lowest BCUT2D eigenvalue weighted by molar-refractivity contribution is -0.125. The van der Waals surface area contributed by atoms with Gasteiger partial charge in [-0.15, -0.1) is 11.3 Å². The molecular weight excluding hydrogens is 310 g/mol. The zero-order valence-corrected chi connectivity index (χ0v) is 14.0. The van der Waals surface area contributed by atoms with Gasteiger partial charge in [0.05, 0.1) is 0 Å². The Bertz CT molecular complexity index is 622. The number of carbonyl (C=O) groups excluding carboxylic acids is 1. The van der Waals surface area contributed by atoms with Crippen LogP contribution >= 0.6 is 23.1 Å². The van der Waals surface area contributed by atoms with Crippen molar-refractivity contribution in [2.75, 3.05) is 18.8 Å². The summed E-state index contributed by atoms with van der Waals surface area (Å²) in [6, 6.07) is 14.6. The summed E-state index contributed by atoms with van der Waals surface area (Å²) in [4.78, 5) is 15.4. The van der Waals surface area contributed by atoms with Crippen LogP contribution in [0.3, 0.4) is 0 Å². The summed E-state index contributed by atoms with van der Waals surface area (Å²) in [5.41, 5.74) is 1.37. The van der Waals surface area contributed by atoms with E-state index in [2.05, 4.69) is 30.3 Å². The van der Waals surface area contributed by atoms with Crippen LogP contribution in [0.15, 0.2) is 53.9 Å². The fourth-order valence-corrected chi connectivity index (χ4v) is 4.42. The fourth-order valence-electron chi connectivity index (χ4n) is 2.57. The summed E-state index contributed by atoms with van der Waals surface area (Å²) in [5.74, 6) is 1.13. The Morgan fingerprint density at radius 2 is 2.00 bits per heavy atom. The van der Waals surface area contributed by atoms with Crippen molar-refractivity contribution in [3.05, 3.63) is 64.4 Å². The summed E-state index contributed by atoms with van der Waals surface area (Å²) in [7, 11) is 0. The number of carbonyl (C=O) groups is 1. The number of nitrogens with zero attached hydrogens (tertiary/aromatic N) is 1. The number of thiophene rings is 1. The van der Waals surface area contributed by atoms with E-state index in [1.807, 2.05) is 40.3 Å². The zero-order valence-electron chi connectivity index (χ0n) is 12.4. The number of amides is 1. The molecule has 1 atom stereocenters. The predicted octanol–water partition coefficient (Wildman–Crippen LogP) is 4.47. The van der Waals surface area contributed by atoms with Crippen LogP contribution in [0.4, 0.5) is 0 Å². The molecule has 1 saturated heterocycles. The molecule has 0 saturated carbocycles. The van der Waals surface area contributed by atoms with Crippen molar-refractivity contribution in [2.24, 2.45) is 0 Å². The van der Waals surface area contributed by atoms with Crippen LogP contribution < -0.4 is 0 Å². The molecule has 22 heavy (non-hydrogen) atoms. The topological polar surface area (TPSA) is 20.3 Å². The van der Waals surface area contributed by atoms with E-state index in [9.17, 15) is 4.79 Å². The maximum Gasteiger partial charge on any atom is 0.246 e. The Balaban J connectivity index is 1.59. The average molecular weight is 329 g/mol. The lowest BCUT2D eigenvalue weighted by Crippen LogP contribution is -2.31. The fraction of sp³-hybridized carbons (Fsp3) is 0.278. The molecule has 1 amide bonds. The molecule has 2 heterocycles. The second-order valence-electron chi connectivity index (χ2n) is 5.23. The van der Waals surface area contributed by atoms with Crippen molar-refractivity contribution in [2.45, 2.75) is 11.7 Å². The standard InChI is InChI=1S/C18H19NOS2/c20-18(9-8-16-7-4-13-21-16)19-11-10-17(22-14-12-19)15-5-2-1-3-6-15/h1-9,13,17H,10-12,14H2/b9-8+/t17-/m0/s1. The summed E-state index contributed by atoms with van der Waals surface area (Å²) < 4.78 is 0. The summed E-state index contributed by atoms with van der Waals surface area (Å²) in [6.07, 6.45) is 4.65. The molecule has 3 rings (SSSR count). The molecule has 1 aliphatic rings. The van der Waals surface area contributed by atoms with Gasteiger partial charge in [-0.25, -0.2) is 0 Å². The first-order valence-electron chi connectivity index (χ1n) is 7.50. The molecule has 0 spiro atoms. The average Bonchev–Trinajstić information content (AvgIpc) is 2.96. The van der Waals surface area contributed by atoms with E-state index in [-0.39, 0.29) is 5.91 Å². The van der Waals surface area contributed by atoms with Crippen LogP contribution in [-0.2, 0) is 4.79 Å². The van der Waals surface area contributed by atoms with Crippen molar-refractivity contribution in [1.29, 1.82) is 0 Å². The molecule has 4 heteroatoms. The number of thioether (sulfide) groups is 1. The highest BCUT2D eigenvalue weighted by Gasteiger charge is 2.20. The van der Waals surface area contributed by atoms with Crippen molar-refractivity contribution in [3.63, 3.8) is 0 Å². The van der Waals surface area contributed by atoms with E-state index < -0.39 is 0 Å². The minimum atomic E-state index is 0.128. The lowest BCUT2D eigenvalue weighted by Gasteiger charge is -2.18. The van der Waals surface area contributed by atoms with Crippen LogP contribution in [-0.4, -0.2) is 29.6 Å². The van der Waals surface area contributed by atoms with Gasteiger partial charge in [0.15, 0.2) is 0 Å². The highest BCUT2D eigenvalue weighted by Crippen LogP contribution is 2.34. The number of benzene rings is 1. The monoisotopic (exact) mass is 329 g/mol. The maximum atomic E-state index is 12.3. The Morgan fingerprint density at radius 3 is 2.77 bits per heavy atom. The van der Waals surface area contributed by atoms with E-state index in [0.29, 0.717) is 5.25 Å². The number of rotatable bonds is 3. The normalized spacial score (nSPS) is 19.3. The molecule has 1 aromatic heterocycles. The molecule has 1 aliphatic heterocycles. The van der Waals surface area contributed by atoms with Gasteiger partial charge in [0.1, 0.15) is 0 Å². The molecule has 0 radical (unpaired) electrons. The van der Waals surface area contributed by atoms with Gasteiger partial charge in [0.2, 0.25) is 5.91 Å². The third-order valence-electron chi connectivity index (χ3n) is 3.76. The van der Waals surface area contributed by atoms with E-state index in [1.54, 1.807) is 17.4 Å². The second kappa shape index (κ2) is 7.65. The molecule has 0 aliphatic carbocycles.